The molecule has 0 heterocycles. The fraction of sp³-hybridized carbons (Fsp3) is 0.0833. The molecule has 0 saturated carbocycles. The molecule has 0 saturated heterocycles. The third-order valence-electron chi connectivity index (χ3n) is 4.40. The van der Waals surface area contributed by atoms with Crippen molar-refractivity contribution in [2.45, 2.75) is 0 Å². The minimum absolute atomic E-state index is 0.0839. The highest BCUT2D eigenvalue weighted by Gasteiger charge is 2.13. The van der Waals surface area contributed by atoms with Crippen molar-refractivity contribution in [3.05, 3.63) is 93.0 Å². The van der Waals surface area contributed by atoms with Crippen LogP contribution in [0.15, 0.2) is 66.7 Å². The van der Waals surface area contributed by atoms with E-state index < -0.39 is 17.5 Å². The van der Waals surface area contributed by atoms with Gasteiger partial charge in [0, 0.05) is 17.2 Å². The number of benzene rings is 3. The Bertz CT molecular complexity index is 1230. The lowest BCUT2D eigenvalue weighted by Crippen LogP contribution is -2.18. The number of carbonyl (C=O) groups excluding carboxylic acids is 1. The summed E-state index contributed by atoms with van der Waals surface area (Å²) in [5, 5.41) is 20.8. The van der Waals surface area contributed by atoms with E-state index in [2.05, 4.69) is 6.07 Å². The van der Waals surface area contributed by atoms with Gasteiger partial charge in [-0.05, 0) is 53.6 Å². The normalized spacial score (nSPS) is 10.8. The van der Waals surface area contributed by atoms with Crippen LogP contribution in [0, 0.1) is 21.4 Å². The first-order valence-electron chi connectivity index (χ1n) is 9.53. The summed E-state index contributed by atoms with van der Waals surface area (Å²) in [6.07, 6.45) is 1.68. The molecular weight excluding hydrogens is 448 g/mol. The lowest BCUT2D eigenvalue weighted by atomic mass is 10.0. The van der Waals surface area contributed by atoms with Crippen LogP contribution in [0.3, 0.4) is 0 Å². The Hall–Kier alpha value is -4.35. The van der Waals surface area contributed by atoms with Crippen LogP contribution < -0.4 is 14.2 Å². The maximum Gasteiger partial charge on any atom is 0.349 e. The summed E-state index contributed by atoms with van der Waals surface area (Å²) >= 11 is 5.90. The number of ether oxygens (including phenoxy) is 3. The van der Waals surface area contributed by atoms with E-state index >= 15 is 0 Å². The SMILES string of the molecule is COc1cc(C=C(C#N)c2ccc(Cl)cc2)ccc1OC(=O)COc1ccc([N+](=O)[O-])cc1. The molecule has 0 radical (unpaired) electrons. The van der Waals surface area contributed by atoms with Gasteiger partial charge in [0.2, 0.25) is 0 Å². The molecule has 0 unspecified atom stereocenters. The van der Waals surface area contributed by atoms with E-state index in [-0.39, 0.29) is 17.2 Å². The minimum atomic E-state index is -0.686. The van der Waals surface area contributed by atoms with Crippen molar-refractivity contribution in [2.24, 2.45) is 0 Å². The molecule has 0 aliphatic heterocycles. The van der Waals surface area contributed by atoms with E-state index in [0.29, 0.717) is 27.5 Å². The Morgan fingerprint density at radius 2 is 1.79 bits per heavy atom. The zero-order valence-electron chi connectivity index (χ0n) is 17.4. The van der Waals surface area contributed by atoms with Gasteiger partial charge < -0.3 is 14.2 Å². The Balaban J connectivity index is 1.68. The van der Waals surface area contributed by atoms with Crippen LogP contribution in [-0.2, 0) is 4.79 Å². The number of methoxy groups -OCH3 is 1. The van der Waals surface area contributed by atoms with Crippen LogP contribution in [0.25, 0.3) is 11.6 Å². The van der Waals surface area contributed by atoms with E-state index in [1.54, 1.807) is 48.5 Å². The quantitative estimate of drug-likeness (QED) is 0.111. The summed E-state index contributed by atoms with van der Waals surface area (Å²) in [6, 6.07) is 19.2. The first-order valence-corrected chi connectivity index (χ1v) is 9.91. The third-order valence-corrected chi connectivity index (χ3v) is 4.65. The molecular formula is C24H17ClN2O6. The van der Waals surface area contributed by atoms with E-state index in [0.717, 1.165) is 0 Å². The second kappa shape index (κ2) is 10.8. The molecule has 0 aliphatic carbocycles. The second-order valence-corrected chi connectivity index (χ2v) is 7.04. The Morgan fingerprint density at radius 1 is 1.09 bits per heavy atom. The standard InChI is InChI=1S/C24H17ClN2O6/c1-31-23-13-16(12-18(14-26)17-3-5-19(25)6-4-17)2-11-22(23)33-24(28)15-32-21-9-7-20(8-10-21)27(29)30/h2-13H,15H2,1H3. The number of nitro groups is 1. The Morgan fingerprint density at radius 3 is 2.39 bits per heavy atom. The fourth-order valence-corrected chi connectivity index (χ4v) is 2.92. The van der Waals surface area contributed by atoms with Crippen LogP contribution in [-0.4, -0.2) is 24.6 Å². The number of non-ortho nitro benzene ring substituents is 1. The molecule has 0 amide bonds. The number of carbonyl (C=O) groups is 1. The highest BCUT2D eigenvalue weighted by Crippen LogP contribution is 2.30. The van der Waals surface area contributed by atoms with Gasteiger partial charge in [-0.3, -0.25) is 10.1 Å². The van der Waals surface area contributed by atoms with E-state index in [4.69, 9.17) is 25.8 Å². The number of rotatable bonds is 8. The van der Waals surface area contributed by atoms with Crippen LogP contribution in [0.1, 0.15) is 11.1 Å². The molecule has 0 aliphatic rings. The van der Waals surface area contributed by atoms with Crippen molar-refractivity contribution in [3.8, 4) is 23.3 Å². The minimum Gasteiger partial charge on any atom is -0.493 e. The fourth-order valence-electron chi connectivity index (χ4n) is 2.79. The Labute approximate surface area is 194 Å². The lowest BCUT2D eigenvalue weighted by Gasteiger charge is -2.11. The predicted molar refractivity (Wildman–Crippen MR) is 122 cm³/mol. The summed E-state index contributed by atoms with van der Waals surface area (Å²) in [4.78, 5) is 22.3. The number of allylic oxidation sites excluding steroid dienone is 1. The number of esters is 1. The van der Waals surface area contributed by atoms with Crippen molar-refractivity contribution in [1.29, 1.82) is 5.26 Å². The van der Waals surface area contributed by atoms with Gasteiger partial charge in [-0.1, -0.05) is 29.8 Å². The summed E-state index contributed by atoms with van der Waals surface area (Å²) < 4.78 is 15.9. The highest BCUT2D eigenvalue weighted by molar-refractivity contribution is 6.30. The molecule has 3 rings (SSSR count). The number of nitrogens with zero attached hydrogens (tertiary/aromatic N) is 2. The molecule has 8 nitrogen and oxygen atoms in total. The molecule has 3 aromatic rings. The molecule has 0 N–H and O–H groups in total. The summed E-state index contributed by atoms with van der Waals surface area (Å²) in [5.74, 6) is 0.0721. The molecule has 0 bridgehead atoms. The summed E-state index contributed by atoms with van der Waals surface area (Å²) in [7, 11) is 1.43. The van der Waals surface area contributed by atoms with E-state index in [1.165, 1.54) is 31.4 Å². The first-order chi connectivity index (χ1) is 15.9. The molecule has 0 atom stereocenters. The topological polar surface area (TPSA) is 112 Å². The third kappa shape index (κ3) is 6.32. The highest BCUT2D eigenvalue weighted by atomic mass is 35.5. The maximum atomic E-state index is 12.2. The predicted octanol–water partition coefficient (Wildman–Crippen LogP) is 5.31. The van der Waals surface area contributed by atoms with Gasteiger partial charge >= 0.3 is 5.97 Å². The molecule has 166 valence electrons. The zero-order chi connectivity index (χ0) is 23.8. The van der Waals surface area contributed by atoms with Gasteiger partial charge in [0.25, 0.3) is 5.69 Å². The van der Waals surface area contributed by atoms with Gasteiger partial charge in [-0.2, -0.15) is 5.26 Å². The van der Waals surface area contributed by atoms with Gasteiger partial charge in [0.15, 0.2) is 18.1 Å². The maximum absolute atomic E-state index is 12.2. The number of halogens is 1. The smallest absolute Gasteiger partial charge is 0.349 e. The average Bonchev–Trinajstić information content (AvgIpc) is 2.83. The monoisotopic (exact) mass is 464 g/mol. The molecule has 33 heavy (non-hydrogen) atoms. The van der Waals surface area contributed by atoms with Crippen molar-refractivity contribution in [1.82, 2.24) is 0 Å². The number of nitriles is 1. The molecule has 3 aromatic carbocycles. The number of hydrogen-bond acceptors (Lipinski definition) is 7. The van der Waals surface area contributed by atoms with Gasteiger partial charge in [0.05, 0.1) is 23.7 Å². The molecule has 0 fully saturated rings. The first kappa shape index (κ1) is 23.3. The van der Waals surface area contributed by atoms with Crippen LogP contribution in [0.5, 0.6) is 17.2 Å². The average molecular weight is 465 g/mol. The van der Waals surface area contributed by atoms with E-state index in [1.807, 2.05) is 0 Å². The second-order valence-electron chi connectivity index (χ2n) is 6.60. The van der Waals surface area contributed by atoms with Gasteiger partial charge in [-0.15, -0.1) is 0 Å². The van der Waals surface area contributed by atoms with Crippen LogP contribution in [0.4, 0.5) is 5.69 Å². The van der Waals surface area contributed by atoms with Crippen molar-refractivity contribution >= 4 is 34.9 Å². The number of nitro benzene ring substituents is 1. The zero-order valence-corrected chi connectivity index (χ0v) is 18.1. The largest absolute Gasteiger partial charge is 0.493 e. The van der Waals surface area contributed by atoms with Gasteiger partial charge in [-0.25, -0.2) is 4.79 Å². The van der Waals surface area contributed by atoms with Crippen molar-refractivity contribution in [3.63, 3.8) is 0 Å². The lowest BCUT2D eigenvalue weighted by molar-refractivity contribution is -0.384. The Kier molecular flexibility index (Phi) is 7.63. The van der Waals surface area contributed by atoms with Crippen LogP contribution in [0.2, 0.25) is 5.02 Å². The van der Waals surface area contributed by atoms with Crippen molar-refractivity contribution < 1.29 is 23.9 Å². The summed E-state index contributed by atoms with van der Waals surface area (Å²) in [5.41, 5.74) is 1.72. The molecule has 0 aromatic heterocycles. The molecule has 0 spiro atoms. The molecule has 9 heteroatoms. The van der Waals surface area contributed by atoms with Crippen molar-refractivity contribution in [2.75, 3.05) is 13.7 Å². The van der Waals surface area contributed by atoms with E-state index in [9.17, 15) is 20.2 Å². The number of hydrogen-bond donors (Lipinski definition) is 0. The summed E-state index contributed by atoms with van der Waals surface area (Å²) in [6.45, 7) is -0.405. The van der Waals surface area contributed by atoms with Gasteiger partial charge in [0.1, 0.15) is 5.75 Å². The van der Waals surface area contributed by atoms with Crippen LogP contribution >= 0.6 is 11.6 Å².